The molecule has 0 bridgehead atoms. The predicted molar refractivity (Wildman–Crippen MR) is 53.0 cm³/mol. The Kier molecular flexibility index (Phi) is 2.72. The molecule has 6 heteroatoms. The van der Waals surface area contributed by atoms with Crippen molar-refractivity contribution in [1.29, 1.82) is 0 Å². The lowest BCUT2D eigenvalue weighted by atomic mass is 10.3. The van der Waals surface area contributed by atoms with Crippen molar-refractivity contribution in [2.24, 2.45) is 0 Å². The minimum atomic E-state index is -1.08. The van der Waals surface area contributed by atoms with Gasteiger partial charge in [-0.05, 0) is 12.1 Å². The highest BCUT2D eigenvalue weighted by Gasteiger charge is 2.22. The number of carboxylic acid groups (broad SMARTS) is 1. The van der Waals surface area contributed by atoms with E-state index in [-0.39, 0.29) is 18.3 Å². The van der Waals surface area contributed by atoms with E-state index in [1.165, 1.54) is 11.0 Å². The molecule has 1 aromatic heterocycles. The Bertz CT molecular complexity index is 433. The van der Waals surface area contributed by atoms with Crippen molar-refractivity contribution in [3.63, 3.8) is 0 Å². The summed E-state index contributed by atoms with van der Waals surface area (Å²) in [5.41, 5.74) is 0.517. The lowest BCUT2D eigenvalue weighted by Crippen LogP contribution is -2.24. The van der Waals surface area contributed by atoms with E-state index >= 15 is 0 Å². The molecular formula is C10H10N2O4. The first-order valence-electron chi connectivity index (χ1n) is 4.78. The van der Waals surface area contributed by atoms with Crippen LogP contribution in [0.3, 0.4) is 0 Å². The summed E-state index contributed by atoms with van der Waals surface area (Å²) < 4.78 is 4.76. The number of carbonyl (C=O) groups excluding carboxylic acids is 1. The van der Waals surface area contributed by atoms with Crippen LogP contribution in [-0.4, -0.2) is 40.2 Å². The molecule has 1 amide bonds. The second-order valence-electron chi connectivity index (χ2n) is 3.36. The third-order valence-electron chi connectivity index (χ3n) is 2.22. The smallest absolute Gasteiger partial charge is 0.410 e. The molecule has 1 aliphatic rings. The fourth-order valence-corrected chi connectivity index (χ4v) is 1.45. The molecule has 0 unspecified atom stereocenters. The maximum atomic E-state index is 11.2. The van der Waals surface area contributed by atoms with Crippen molar-refractivity contribution < 1.29 is 19.4 Å². The van der Waals surface area contributed by atoms with Gasteiger partial charge in [0.15, 0.2) is 0 Å². The number of cyclic esters (lactones) is 1. The zero-order chi connectivity index (χ0) is 11.5. The van der Waals surface area contributed by atoms with E-state index in [0.29, 0.717) is 18.8 Å². The Morgan fingerprint density at radius 1 is 1.56 bits per heavy atom. The zero-order valence-corrected chi connectivity index (χ0v) is 8.42. The number of pyridine rings is 1. The number of aromatic nitrogens is 1. The molecular weight excluding hydrogens is 212 g/mol. The van der Waals surface area contributed by atoms with Crippen LogP contribution in [0.4, 0.5) is 4.79 Å². The average Bonchev–Trinajstić information content (AvgIpc) is 2.65. The Balaban J connectivity index is 2.12. The number of carboxylic acids is 1. The van der Waals surface area contributed by atoms with Gasteiger partial charge in [0.05, 0.1) is 18.8 Å². The van der Waals surface area contributed by atoms with Crippen LogP contribution in [0.1, 0.15) is 16.2 Å². The van der Waals surface area contributed by atoms with E-state index in [9.17, 15) is 9.59 Å². The first kappa shape index (κ1) is 10.4. The average molecular weight is 222 g/mol. The van der Waals surface area contributed by atoms with Crippen molar-refractivity contribution in [1.82, 2.24) is 9.88 Å². The van der Waals surface area contributed by atoms with Crippen molar-refractivity contribution in [2.45, 2.75) is 6.54 Å². The Labute approximate surface area is 91.5 Å². The number of ether oxygens (including phenoxy) is 1. The van der Waals surface area contributed by atoms with E-state index in [4.69, 9.17) is 9.84 Å². The molecule has 1 fully saturated rings. The first-order chi connectivity index (χ1) is 7.66. The van der Waals surface area contributed by atoms with Crippen molar-refractivity contribution in [3.05, 3.63) is 29.6 Å². The van der Waals surface area contributed by atoms with E-state index in [2.05, 4.69) is 4.98 Å². The fraction of sp³-hybridized carbons (Fsp3) is 0.300. The number of hydrogen-bond donors (Lipinski definition) is 1. The quantitative estimate of drug-likeness (QED) is 0.815. The van der Waals surface area contributed by atoms with Gasteiger partial charge in [0, 0.05) is 0 Å². The highest BCUT2D eigenvalue weighted by Crippen LogP contribution is 2.09. The van der Waals surface area contributed by atoms with Crippen LogP contribution < -0.4 is 0 Å². The van der Waals surface area contributed by atoms with Crippen LogP contribution in [-0.2, 0) is 11.3 Å². The van der Waals surface area contributed by atoms with Gasteiger partial charge in [-0.3, -0.25) is 4.90 Å². The molecule has 84 valence electrons. The monoisotopic (exact) mass is 222 g/mol. The molecule has 2 rings (SSSR count). The van der Waals surface area contributed by atoms with Crippen molar-refractivity contribution >= 4 is 12.1 Å². The number of aromatic carboxylic acids is 1. The molecule has 0 saturated carbocycles. The van der Waals surface area contributed by atoms with Crippen LogP contribution in [0.2, 0.25) is 0 Å². The topological polar surface area (TPSA) is 79.7 Å². The Morgan fingerprint density at radius 2 is 2.38 bits per heavy atom. The van der Waals surface area contributed by atoms with Gasteiger partial charge in [-0.1, -0.05) is 6.07 Å². The lowest BCUT2D eigenvalue weighted by molar-refractivity contribution is 0.0690. The second-order valence-corrected chi connectivity index (χ2v) is 3.36. The molecule has 1 saturated heterocycles. The Hall–Kier alpha value is -2.11. The normalized spacial score (nSPS) is 15.0. The van der Waals surface area contributed by atoms with Gasteiger partial charge in [-0.15, -0.1) is 0 Å². The molecule has 0 atom stereocenters. The summed E-state index contributed by atoms with van der Waals surface area (Å²) in [6.45, 7) is 1.16. The van der Waals surface area contributed by atoms with Crippen LogP contribution in [0, 0.1) is 0 Å². The molecule has 6 nitrogen and oxygen atoms in total. The summed E-state index contributed by atoms with van der Waals surface area (Å²) in [7, 11) is 0. The summed E-state index contributed by atoms with van der Waals surface area (Å²) in [5.74, 6) is -1.08. The SMILES string of the molecule is O=C(O)c1cccc(CN2CCOC2=O)n1. The number of hydrogen-bond acceptors (Lipinski definition) is 4. The van der Waals surface area contributed by atoms with Crippen LogP contribution >= 0.6 is 0 Å². The van der Waals surface area contributed by atoms with E-state index in [1.54, 1.807) is 12.1 Å². The number of carbonyl (C=O) groups is 2. The summed E-state index contributed by atoms with van der Waals surface area (Å²) in [4.78, 5) is 27.2. The summed E-state index contributed by atoms with van der Waals surface area (Å²) in [6.07, 6.45) is -0.387. The minimum Gasteiger partial charge on any atom is -0.477 e. The predicted octanol–water partition coefficient (Wildman–Crippen LogP) is 0.732. The lowest BCUT2D eigenvalue weighted by Gasteiger charge is -2.11. The molecule has 16 heavy (non-hydrogen) atoms. The first-order valence-corrected chi connectivity index (χ1v) is 4.78. The third-order valence-corrected chi connectivity index (χ3v) is 2.22. The van der Waals surface area contributed by atoms with Gasteiger partial charge in [-0.25, -0.2) is 14.6 Å². The van der Waals surface area contributed by atoms with E-state index < -0.39 is 5.97 Å². The molecule has 2 heterocycles. The molecule has 0 spiro atoms. The molecule has 1 N–H and O–H groups in total. The molecule has 1 aliphatic heterocycles. The second kappa shape index (κ2) is 4.18. The maximum Gasteiger partial charge on any atom is 0.410 e. The summed E-state index contributed by atoms with van der Waals surface area (Å²) >= 11 is 0. The van der Waals surface area contributed by atoms with E-state index in [0.717, 1.165) is 0 Å². The van der Waals surface area contributed by atoms with Crippen LogP contribution in [0.25, 0.3) is 0 Å². The van der Waals surface area contributed by atoms with Gasteiger partial charge in [-0.2, -0.15) is 0 Å². The highest BCUT2D eigenvalue weighted by molar-refractivity contribution is 5.85. The minimum absolute atomic E-state index is 0.0231. The molecule has 1 aromatic rings. The van der Waals surface area contributed by atoms with Crippen LogP contribution in [0.15, 0.2) is 18.2 Å². The van der Waals surface area contributed by atoms with Crippen molar-refractivity contribution in [3.8, 4) is 0 Å². The third kappa shape index (κ3) is 2.10. The molecule has 0 aliphatic carbocycles. The summed E-state index contributed by atoms with van der Waals surface area (Å²) in [5, 5.41) is 8.75. The van der Waals surface area contributed by atoms with E-state index in [1.807, 2.05) is 0 Å². The van der Waals surface area contributed by atoms with Gasteiger partial charge in [0.2, 0.25) is 0 Å². The summed E-state index contributed by atoms with van der Waals surface area (Å²) in [6, 6.07) is 4.69. The standard InChI is InChI=1S/C10H10N2O4/c13-9(14)8-3-1-2-7(11-8)6-12-4-5-16-10(12)15/h1-3H,4-6H2,(H,13,14). The fourth-order valence-electron chi connectivity index (χ4n) is 1.45. The van der Waals surface area contributed by atoms with Gasteiger partial charge >= 0.3 is 12.1 Å². The largest absolute Gasteiger partial charge is 0.477 e. The van der Waals surface area contributed by atoms with Gasteiger partial charge < -0.3 is 9.84 Å². The maximum absolute atomic E-state index is 11.2. The number of nitrogens with zero attached hydrogens (tertiary/aromatic N) is 2. The van der Waals surface area contributed by atoms with Crippen molar-refractivity contribution in [2.75, 3.05) is 13.2 Å². The number of rotatable bonds is 3. The molecule has 0 radical (unpaired) electrons. The van der Waals surface area contributed by atoms with Gasteiger partial charge in [0.1, 0.15) is 12.3 Å². The number of amides is 1. The van der Waals surface area contributed by atoms with Gasteiger partial charge in [0.25, 0.3) is 0 Å². The molecule has 0 aromatic carbocycles. The highest BCUT2D eigenvalue weighted by atomic mass is 16.6. The zero-order valence-electron chi connectivity index (χ0n) is 8.42. The van der Waals surface area contributed by atoms with Crippen LogP contribution in [0.5, 0.6) is 0 Å². The Morgan fingerprint density at radius 3 is 3.00 bits per heavy atom.